The summed E-state index contributed by atoms with van der Waals surface area (Å²) in [6, 6.07) is 6.38. The van der Waals surface area contributed by atoms with E-state index in [4.69, 9.17) is 4.74 Å². The molecule has 0 radical (unpaired) electrons. The lowest BCUT2D eigenvalue weighted by molar-refractivity contribution is -0.158. The van der Waals surface area contributed by atoms with Crippen molar-refractivity contribution < 1.29 is 19.1 Å². The van der Waals surface area contributed by atoms with Gasteiger partial charge in [0.05, 0.1) is 0 Å². The first-order chi connectivity index (χ1) is 16.8. The van der Waals surface area contributed by atoms with Crippen molar-refractivity contribution in [3.05, 3.63) is 29.3 Å². The fraction of sp³-hybridized carbons (Fsp3) is 0.667. The number of benzene rings is 1. The molecule has 0 aliphatic carbocycles. The fourth-order valence-electron chi connectivity index (χ4n) is 5.19. The second-order valence-electron chi connectivity index (χ2n) is 12.5. The third-order valence-corrected chi connectivity index (χ3v) is 9.30. The predicted octanol–water partition coefficient (Wildman–Crippen LogP) is 3.39. The summed E-state index contributed by atoms with van der Waals surface area (Å²) in [6.07, 6.45) is 0.613. The van der Waals surface area contributed by atoms with Gasteiger partial charge in [0.1, 0.15) is 12.8 Å². The van der Waals surface area contributed by atoms with E-state index in [1.807, 2.05) is 12.1 Å². The fourth-order valence-corrected chi connectivity index (χ4v) is 5.95. The molecule has 1 unspecified atom stereocenters. The summed E-state index contributed by atoms with van der Waals surface area (Å²) >= 11 is 0. The number of likely N-dealkylation sites (tertiary alicyclic amines) is 1. The standard InChI is InChI=1S/C27H42N4O4Si/c1-27(2,3)29-13-11-28(12-14-29)21-7-8-22-20(17-21)18-30(25(22)33)23-9-10-24(32)31(26(23)34)19-35-15-16-36(4,5)6/h7-8,17,23H,9-16,18-19H2,1-6H3. The average molecular weight is 515 g/mol. The number of hydrogen-bond donors (Lipinski definition) is 0. The quantitative estimate of drug-likeness (QED) is 0.316. The number of carbonyl (C=O) groups is 3. The highest BCUT2D eigenvalue weighted by Crippen LogP contribution is 2.32. The van der Waals surface area contributed by atoms with Crippen LogP contribution in [-0.4, -0.2) is 91.6 Å². The van der Waals surface area contributed by atoms with E-state index in [1.54, 1.807) is 4.90 Å². The van der Waals surface area contributed by atoms with Gasteiger partial charge in [-0.15, -0.1) is 0 Å². The van der Waals surface area contributed by atoms with E-state index < -0.39 is 14.1 Å². The second kappa shape index (κ2) is 10.3. The van der Waals surface area contributed by atoms with Crippen molar-refractivity contribution in [1.82, 2.24) is 14.7 Å². The highest BCUT2D eigenvalue weighted by molar-refractivity contribution is 6.76. The van der Waals surface area contributed by atoms with Gasteiger partial charge in [0.2, 0.25) is 5.91 Å². The van der Waals surface area contributed by atoms with Crippen molar-refractivity contribution in [2.24, 2.45) is 0 Å². The van der Waals surface area contributed by atoms with Crippen molar-refractivity contribution >= 4 is 31.5 Å². The first-order valence-electron chi connectivity index (χ1n) is 13.2. The molecule has 1 aromatic rings. The van der Waals surface area contributed by atoms with Crippen LogP contribution in [0.5, 0.6) is 0 Å². The minimum atomic E-state index is -1.26. The van der Waals surface area contributed by atoms with Crippen LogP contribution < -0.4 is 4.90 Å². The molecule has 2 fully saturated rings. The van der Waals surface area contributed by atoms with Crippen LogP contribution in [0.25, 0.3) is 0 Å². The van der Waals surface area contributed by atoms with Crippen LogP contribution in [-0.2, 0) is 20.9 Å². The molecule has 9 heteroatoms. The molecule has 1 aromatic carbocycles. The summed E-state index contributed by atoms with van der Waals surface area (Å²) in [7, 11) is -1.26. The van der Waals surface area contributed by atoms with Crippen molar-refractivity contribution in [3.8, 4) is 0 Å². The first-order valence-corrected chi connectivity index (χ1v) is 16.9. The monoisotopic (exact) mass is 514 g/mol. The molecule has 0 N–H and O–H groups in total. The topological polar surface area (TPSA) is 73.4 Å². The number of fused-ring (bicyclic) bond motifs is 1. The highest BCUT2D eigenvalue weighted by Gasteiger charge is 2.43. The van der Waals surface area contributed by atoms with Crippen molar-refractivity contribution in [2.75, 3.05) is 44.4 Å². The molecule has 3 aliphatic rings. The largest absolute Gasteiger partial charge is 0.369 e. The van der Waals surface area contributed by atoms with Crippen LogP contribution in [0.2, 0.25) is 25.7 Å². The minimum Gasteiger partial charge on any atom is -0.369 e. The Morgan fingerprint density at radius 3 is 2.36 bits per heavy atom. The van der Waals surface area contributed by atoms with Gasteiger partial charge < -0.3 is 14.5 Å². The molecule has 3 amide bonds. The zero-order valence-electron chi connectivity index (χ0n) is 22.8. The normalized spacial score (nSPS) is 22.0. The van der Waals surface area contributed by atoms with E-state index in [-0.39, 0.29) is 36.4 Å². The van der Waals surface area contributed by atoms with Gasteiger partial charge in [-0.05, 0) is 57.0 Å². The molecule has 0 aromatic heterocycles. The van der Waals surface area contributed by atoms with Crippen LogP contribution in [0.1, 0.15) is 49.5 Å². The molecule has 36 heavy (non-hydrogen) atoms. The number of piperidine rings is 1. The lowest BCUT2D eigenvalue weighted by Crippen LogP contribution is -2.55. The Balaban J connectivity index is 1.40. The highest BCUT2D eigenvalue weighted by atomic mass is 28.3. The third-order valence-electron chi connectivity index (χ3n) is 7.59. The maximum absolute atomic E-state index is 13.3. The predicted molar refractivity (Wildman–Crippen MR) is 144 cm³/mol. The average Bonchev–Trinajstić information content (AvgIpc) is 3.13. The molecule has 8 nitrogen and oxygen atoms in total. The summed E-state index contributed by atoms with van der Waals surface area (Å²) in [5.41, 5.74) is 2.91. The van der Waals surface area contributed by atoms with Crippen molar-refractivity contribution in [1.29, 1.82) is 0 Å². The second-order valence-corrected chi connectivity index (χ2v) is 18.1. The Morgan fingerprint density at radius 2 is 1.72 bits per heavy atom. The molecular weight excluding hydrogens is 472 g/mol. The van der Waals surface area contributed by atoms with E-state index in [0.29, 0.717) is 25.1 Å². The smallest absolute Gasteiger partial charge is 0.255 e. The number of rotatable bonds is 7. The van der Waals surface area contributed by atoms with E-state index in [2.05, 4.69) is 56.3 Å². The Hall–Kier alpha value is -2.23. The summed E-state index contributed by atoms with van der Waals surface area (Å²) in [5, 5.41) is 0. The van der Waals surface area contributed by atoms with Gasteiger partial charge in [0, 0.05) is 70.6 Å². The van der Waals surface area contributed by atoms with E-state index in [9.17, 15) is 14.4 Å². The van der Waals surface area contributed by atoms with Crippen LogP contribution in [0, 0.1) is 0 Å². The molecule has 0 saturated carbocycles. The van der Waals surface area contributed by atoms with Crippen LogP contribution in [0.4, 0.5) is 5.69 Å². The van der Waals surface area contributed by atoms with Crippen LogP contribution >= 0.6 is 0 Å². The number of imide groups is 1. The molecule has 2 saturated heterocycles. The Bertz CT molecular complexity index is 1010. The first kappa shape index (κ1) is 26.8. The Kier molecular flexibility index (Phi) is 7.64. The van der Waals surface area contributed by atoms with Gasteiger partial charge in [-0.3, -0.25) is 24.2 Å². The van der Waals surface area contributed by atoms with E-state index in [1.165, 1.54) is 4.90 Å². The van der Waals surface area contributed by atoms with Gasteiger partial charge >= 0.3 is 0 Å². The maximum Gasteiger partial charge on any atom is 0.255 e. The van der Waals surface area contributed by atoms with Crippen LogP contribution in [0.3, 0.4) is 0 Å². The summed E-state index contributed by atoms with van der Waals surface area (Å²) in [6.45, 7) is 18.4. The number of anilines is 1. The van der Waals surface area contributed by atoms with Gasteiger partial charge in [-0.2, -0.15) is 0 Å². The van der Waals surface area contributed by atoms with Gasteiger partial charge in [-0.25, -0.2) is 0 Å². The van der Waals surface area contributed by atoms with Gasteiger partial charge in [0.15, 0.2) is 0 Å². The Labute approximate surface area is 216 Å². The Morgan fingerprint density at radius 1 is 1.03 bits per heavy atom. The third kappa shape index (κ3) is 5.84. The minimum absolute atomic E-state index is 0.0294. The number of hydrogen-bond acceptors (Lipinski definition) is 6. The molecule has 198 valence electrons. The zero-order valence-corrected chi connectivity index (χ0v) is 23.8. The van der Waals surface area contributed by atoms with Gasteiger partial charge in [-0.1, -0.05) is 19.6 Å². The summed E-state index contributed by atoms with van der Waals surface area (Å²) < 4.78 is 5.71. The van der Waals surface area contributed by atoms with E-state index >= 15 is 0 Å². The molecule has 1 atom stereocenters. The van der Waals surface area contributed by atoms with E-state index in [0.717, 1.165) is 43.5 Å². The number of carbonyl (C=O) groups excluding carboxylic acids is 3. The number of amides is 3. The summed E-state index contributed by atoms with van der Waals surface area (Å²) in [5.74, 6) is -0.662. The lowest BCUT2D eigenvalue weighted by atomic mass is 10.0. The maximum atomic E-state index is 13.3. The number of piperazine rings is 1. The van der Waals surface area contributed by atoms with Gasteiger partial charge in [0.25, 0.3) is 11.8 Å². The molecule has 0 bridgehead atoms. The molecule has 3 aliphatic heterocycles. The SMILES string of the molecule is CC(C)(C)N1CCN(c2ccc3c(c2)CN(C2CCC(=O)N(COCC[Si](C)(C)C)C2=O)C3=O)CC1. The number of ether oxygens (including phenoxy) is 1. The number of nitrogens with zero attached hydrogens (tertiary/aromatic N) is 4. The molecule has 4 rings (SSSR count). The molecule has 3 heterocycles. The van der Waals surface area contributed by atoms with Crippen molar-refractivity contribution in [2.45, 2.75) is 77.4 Å². The zero-order chi connectivity index (χ0) is 26.3. The lowest BCUT2D eigenvalue weighted by Gasteiger charge is -2.43. The summed E-state index contributed by atoms with van der Waals surface area (Å²) in [4.78, 5) is 46.7. The van der Waals surface area contributed by atoms with Crippen molar-refractivity contribution in [3.63, 3.8) is 0 Å². The van der Waals surface area contributed by atoms with Crippen LogP contribution in [0.15, 0.2) is 18.2 Å². The molecule has 0 spiro atoms. The molecular formula is C27H42N4O4Si.